The first-order chi connectivity index (χ1) is 15.5. The van der Waals surface area contributed by atoms with Gasteiger partial charge in [-0.15, -0.1) is 0 Å². The molecule has 2 aliphatic rings. The summed E-state index contributed by atoms with van der Waals surface area (Å²) in [5, 5.41) is 4.04. The van der Waals surface area contributed by atoms with Crippen molar-refractivity contribution in [1.82, 2.24) is 14.5 Å². The summed E-state index contributed by atoms with van der Waals surface area (Å²) in [7, 11) is 1.65. The van der Waals surface area contributed by atoms with E-state index in [1.807, 2.05) is 53.4 Å². The molecule has 2 aromatic carbocycles. The van der Waals surface area contributed by atoms with E-state index in [-0.39, 0.29) is 23.0 Å². The van der Waals surface area contributed by atoms with Crippen LogP contribution >= 0.6 is 12.2 Å². The summed E-state index contributed by atoms with van der Waals surface area (Å²) in [4.78, 5) is 34.4. The van der Waals surface area contributed by atoms with Crippen molar-refractivity contribution in [2.75, 3.05) is 43.5 Å². The standard InChI is InChI=1S/C23H23N5O3S/c1-31-16-6-4-5-15(13-16)26-9-11-27(12-10-26)20(29)14-19-22(30)28-21(24-19)17-7-2-3-8-18(17)25-23(28)32/h2-8,13,19,24H,9-12,14H2,1H3. The van der Waals surface area contributed by atoms with Crippen molar-refractivity contribution in [2.45, 2.75) is 12.5 Å². The molecular formula is C23H23N5O3S. The van der Waals surface area contributed by atoms with Crippen molar-refractivity contribution in [2.24, 2.45) is 0 Å². The number of fused-ring (bicyclic) bond motifs is 3. The normalized spacial score (nSPS) is 17.9. The molecule has 1 unspecified atom stereocenters. The Morgan fingerprint density at radius 2 is 1.94 bits per heavy atom. The molecule has 3 aromatic rings. The van der Waals surface area contributed by atoms with E-state index in [4.69, 9.17) is 17.0 Å². The van der Waals surface area contributed by atoms with E-state index in [9.17, 15) is 9.59 Å². The van der Waals surface area contributed by atoms with Gasteiger partial charge in [0.25, 0.3) is 5.91 Å². The number of aromatic nitrogens is 2. The highest BCUT2D eigenvalue weighted by Crippen LogP contribution is 2.29. The van der Waals surface area contributed by atoms with Gasteiger partial charge in [0, 0.05) is 43.3 Å². The minimum Gasteiger partial charge on any atom is -0.497 e. The Morgan fingerprint density at radius 3 is 2.72 bits per heavy atom. The van der Waals surface area contributed by atoms with Crippen LogP contribution < -0.4 is 15.0 Å². The van der Waals surface area contributed by atoms with E-state index in [1.165, 1.54) is 4.57 Å². The number of nitrogens with zero attached hydrogens (tertiary/aromatic N) is 4. The summed E-state index contributed by atoms with van der Waals surface area (Å²) in [6.07, 6.45) is 0.0861. The van der Waals surface area contributed by atoms with Crippen LogP contribution in [0.1, 0.15) is 11.2 Å². The van der Waals surface area contributed by atoms with Gasteiger partial charge in [0.2, 0.25) is 10.7 Å². The average Bonchev–Trinajstić information content (AvgIpc) is 3.16. The fourth-order valence-electron chi connectivity index (χ4n) is 4.33. The molecule has 164 valence electrons. The lowest BCUT2D eigenvalue weighted by atomic mass is 10.1. The van der Waals surface area contributed by atoms with Gasteiger partial charge in [0.15, 0.2) is 0 Å². The Balaban J connectivity index is 1.26. The molecule has 1 fully saturated rings. The molecule has 0 bridgehead atoms. The Hall–Kier alpha value is -3.46. The third kappa shape index (κ3) is 3.58. The molecule has 5 rings (SSSR count). The predicted molar refractivity (Wildman–Crippen MR) is 125 cm³/mol. The van der Waals surface area contributed by atoms with E-state index >= 15 is 0 Å². The number of piperazine rings is 1. The Kier molecular flexibility index (Phi) is 5.26. The summed E-state index contributed by atoms with van der Waals surface area (Å²) < 4.78 is 6.93. The fraction of sp³-hybridized carbons (Fsp3) is 0.304. The first-order valence-corrected chi connectivity index (χ1v) is 11.0. The van der Waals surface area contributed by atoms with Gasteiger partial charge in [0.1, 0.15) is 17.6 Å². The third-order valence-corrected chi connectivity index (χ3v) is 6.32. The van der Waals surface area contributed by atoms with Crippen LogP contribution in [0.3, 0.4) is 0 Å². The average molecular weight is 450 g/mol. The predicted octanol–water partition coefficient (Wildman–Crippen LogP) is 2.95. The van der Waals surface area contributed by atoms with E-state index in [0.29, 0.717) is 18.9 Å². The second-order valence-electron chi connectivity index (χ2n) is 7.90. The molecule has 1 atom stereocenters. The SMILES string of the molecule is COc1cccc(N2CCN(C(=O)CC3Nc4c5ccccc5nc(=S)n4C3=O)CC2)c1. The molecule has 3 heterocycles. The lowest BCUT2D eigenvalue weighted by molar-refractivity contribution is -0.131. The molecule has 0 saturated carbocycles. The molecule has 32 heavy (non-hydrogen) atoms. The van der Waals surface area contributed by atoms with Gasteiger partial charge in [-0.25, -0.2) is 9.55 Å². The maximum Gasteiger partial charge on any atom is 0.257 e. The number of methoxy groups -OCH3 is 1. The van der Waals surface area contributed by atoms with Crippen LogP contribution in [0.25, 0.3) is 10.9 Å². The molecule has 1 amide bonds. The number of anilines is 2. The molecular weight excluding hydrogens is 426 g/mol. The zero-order valence-corrected chi connectivity index (χ0v) is 18.5. The number of nitrogens with one attached hydrogen (secondary N) is 1. The van der Waals surface area contributed by atoms with Gasteiger partial charge in [-0.1, -0.05) is 18.2 Å². The van der Waals surface area contributed by atoms with Crippen LogP contribution in [0.15, 0.2) is 48.5 Å². The number of benzene rings is 2. The van der Waals surface area contributed by atoms with Gasteiger partial charge < -0.3 is 19.9 Å². The molecule has 0 aliphatic carbocycles. The molecule has 2 aliphatic heterocycles. The summed E-state index contributed by atoms with van der Waals surface area (Å²) in [5.41, 5.74) is 1.80. The highest BCUT2D eigenvalue weighted by molar-refractivity contribution is 7.71. The van der Waals surface area contributed by atoms with E-state index < -0.39 is 6.04 Å². The molecule has 0 radical (unpaired) electrons. The van der Waals surface area contributed by atoms with Crippen LogP contribution in [-0.2, 0) is 4.79 Å². The Morgan fingerprint density at radius 1 is 1.16 bits per heavy atom. The number of amides is 1. The summed E-state index contributed by atoms with van der Waals surface area (Å²) in [5.74, 6) is 1.16. The van der Waals surface area contributed by atoms with Gasteiger partial charge in [-0.05, 0) is 36.5 Å². The smallest absolute Gasteiger partial charge is 0.257 e. The van der Waals surface area contributed by atoms with Crippen molar-refractivity contribution in [3.63, 3.8) is 0 Å². The van der Waals surface area contributed by atoms with E-state index in [2.05, 4.69) is 15.2 Å². The summed E-state index contributed by atoms with van der Waals surface area (Å²) in [6.45, 7) is 2.66. The molecule has 9 heteroatoms. The minimum absolute atomic E-state index is 0.0438. The van der Waals surface area contributed by atoms with Crippen LogP contribution in [0, 0.1) is 4.77 Å². The fourth-order valence-corrected chi connectivity index (χ4v) is 4.61. The number of rotatable bonds is 4. The second kappa shape index (κ2) is 8.23. The zero-order valence-electron chi connectivity index (χ0n) is 17.7. The summed E-state index contributed by atoms with van der Waals surface area (Å²) in [6, 6.07) is 14.8. The Labute approximate surface area is 190 Å². The third-order valence-electron chi connectivity index (χ3n) is 6.05. The molecule has 1 aromatic heterocycles. The van der Waals surface area contributed by atoms with Crippen molar-refractivity contribution in [3.8, 4) is 5.75 Å². The Bertz CT molecular complexity index is 1270. The van der Waals surface area contributed by atoms with E-state index in [1.54, 1.807) is 7.11 Å². The second-order valence-corrected chi connectivity index (χ2v) is 8.27. The van der Waals surface area contributed by atoms with Gasteiger partial charge in [-0.2, -0.15) is 0 Å². The van der Waals surface area contributed by atoms with Crippen molar-refractivity contribution in [1.29, 1.82) is 0 Å². The number of hydrogen-bond acceptors (Lipinski definition) is 7. The number of hydrogen-bond donors (Lipinski definition) is 1. The lowest BCUT2D eigenvalue weighted by Crippen LogP contribution is -2.50. The van der Waals surface area contributed by atoms with Crippen LogP contribution in [0.5, 0.6) is 5.75 Å². The number of para-hydroxylation sites is 1. The maximum atomic E-state index is 13.0. The quantitative estimate of drug-likeness (QED) is 0.614. The zero-order chi connectivity index (χ0) is 22.2. The number of ether oxygens (including phenoxy) is 1. The van der Waals surface area contributed by atoms with Crippen LogP contribution in [0.2, 0.25) is 0 Å². The van der Waals surface area contributed by atoms with Crippen LogP contribution in [0.4, 0.5) is 11.5 Å². The molecule has 1 saturated heterocycles. The lowest BCUT2D eigenvalue weighted by Gasteiger charge is -2.36. The molecule has 8 nitrogen and oxygen atoms in total. The maximum absolute atomic E-state index is 13.0. The first-order valence-electron chi connectivity index (χ1n) is 10.5. The molecule has 1 N–H and O–H groups in total. The monoisotopic (exact) mass is 449 g/mol. The minimum atomic E-state index is -0.645. The van der Waals surface area contributed by atoms with Gasteiger partial charge in [0.05, 0.1) is 19.0 Å². The first kappa shape index (κ1) is 20.4. The van der Waals surface area contributed by atoms with Crippen molar-refractivity contribution >= 4 is 46.4 Å². The highest BCUT2D eigenvalue weighted by atomic mass is 32.1. The number of carbonyl (C=O) groups excluding carboxylic acids is 2. The van der Waals surface area contributed by atoms with Crippen LogP contribution in [-0.4, -0.2) is 65.6 Å². The van der Waals surface area contributed by atoms with Crippen molar-refractivity contribution in [3.05, 3.63) is 53.3 Å². The highest BCUT2D eigenvalue weighted by Gasteiger charge is 2.35. The molecule has 0 spiro atoms. The largest absolute Gasteiger partial charge is 0.497 e. The summed E-state index contributed by atoms with van der Waals surface area (Å²) >= 11 is 5.33. The van der Waals surface area contributed by atoms with E-state index in [0.717, 1.165) is 35.4 Å². The van der Waals surface area contributed by atoms with Gasteiger partial charge >= 0.3 is 0 Å². The van der Waals surface area contributed by atoms with Crippen molar-refractivity contribution < 1.29 is 14.3 Å². The van der Waals surface area contributed by atoms with Gasteiger partial charge in [-0.3, -0.25) is 9.59 Å². The number of carbonyl (C=O) groups is 2. The topological polar surface area (TPSA) is 79.7 Å².